The van der Waals surface area contributed by atoms with E-state index >= 15 is 0 Å². The number of carboxylic acids is 1. The summed E-state index contributed by atoms with van der Waals surface area (Å²) in [6.07, 6.45) is 0.163. The van der Waals surface area contributed by atoms with Crippen molar-refractivity contribution in [2.45, 2.75) is 24.8 Å². The first-order valence-corrected chi connectivity index (χ1v) is 14.0. The van der Waals surface area contributed by atoms with E-state index in [1.54, 1.807) is 47.8 Å². The molecule has 3 aromatic rings. The third-order valence-corrected chi connectivity index (χ3v) is 8.08. The number of amidine groups is 1. The maximum Gasteiger partial charge on any atom is 0.335 e. The van der Waals surface area contributed by atoms with Gasteiger partial charge in [-0.3, -0.25) is 19.8 Å². The fourth-order valence-corrected chi connectivity index (χ4v) is 5.75. The van der Waals surface area contributed by atoms with Crippen molar-refractivity contribution >= 4 is 40.9 Å². The van der Waals surface area contributed by atoms with Gasteiger partial charge in [-0.05, 0) is 41.5 Å². The molecule has 13 heteroatoms. The molecule has 2 aliphatic heterocycles. The zero-order valence-electron chi connectivity index (χ0n) is 22.4. The lowest BCUT2D eigenvalue weighted by molar-refractivity contribution is -0.152. The van der Waals surface area contributed by atoms with Gasteiger partial charge in [0.2, 0.25) is 11.8 Å². The molecule has 12 nitrogen and oxygen atoms in total. The quantitative estimate of drug-likeness (QED) is 0.184. The monoisotopic (exact) mass is 591 g/mol. The molecular weight excluding hydrogens is 562 g/mol. The maximum absolute atomic E-state index is 13.2. The Balaban J connectivity index is 1.20. The summed E-state index contributed by atoms with van der Waals surface area (Å²) in [4.78, 5) is 52.5. The van der Waals surface area contributed by atoms with Gasteiger partial charge in [0.15, 0.2) is 5.79 Å². The van der Waals surface area contributed by atoms with Gasteiger partial charge in [0.25, 0.3) is 5.91 Å². The first kappa shape index (κ1) is 28.9. The summed E-state index contributed by atoms with van der Waals surface area (Å²) >= 11 is 1.36. The zero-order chi connectivity index (χ0) is 29.9. The highest BCUT2D eigenvalue weighted by molar-refractivity contribution is 7.10. The number of nitrogen functional groups attached to an aromatic ring is 1. The third-order valence-electron chi connectivity index (χ3n) is 7.14. The maximum atomic E-state index is 13.2. The Morgan fingerprint density at radius 3 is 2.17 bits per heavy atom. The molecule has 218 valence electrons. The Kier molecular flexibility index (Phi) is 8.34. The number of hydrogen-bond donors (Lipinski definition) is 5. The minimum absolute atomic E-state index is 0.0564. The van der Waals surface area contributed by atoms with Crippen LogP contribution in [0.3, 0.4) is 0 Å². The molecule has 5 rings (SSSR count). The Hall–Kier alpha value is -4.59. The van der Waals surface area contributed by atoms with E-state index in [1.165, 1.54) is 28.4 Å². The number of carbonyl (C=O) groups is 4. The Labute approximate surface area is 244 Å². The second kappa shape index (κ2) is 12.1. The minimum atomic E-state index is -1.06. The Morgan fingerprint density at radius 2 is 1.60 bits per heavy atom. The molecule has 42 heavy (non-hydrogen) atoms. The number of thiophene rings is 1. The number of nitrogens with two attached hydrogens (primary N) is 1. The van der Waals surface area contributed by atoms with Crippen LogP contribution in [0.4, 0.5) is 0 Å². The lowest BCUT2D eigenvalue weighted by Gasteiger charge is -2.24. The molecule has 2 fully saturated rings. The lowest BCUT2D eigenvalue weighted by Crippen LogP contribution is -2.49. The Bertz CT molecular complexity index is 1510. The molecule has 0 unspecified atom stereocenters. The molecule has 3 amide bonds. The van der Waals surface area contributed by atoms with E-state index in [9.17, 15) is 19.2 Å². The standard InChI is InChI=1S/C29H29N5O7S/c30-25(31)21-11-22(42-15-21)13-32-27(37)23-12-29(40-9-10-41-29)16-34(23)24(35)14-33-26(36)19-5-1-17(2-6-19)18-3-7-20(8-4-18)28(38)39/h1-8,11,15,23H,9-10,12-14,16H2,(H3,30,31)(H,32,37)(H,33,36)(H,38,39)/t23-/m0/s1. The predicted molar refractivity (Wildman–Crippen MR) is 153 cm³/mol. The van der Waals surface area contributed by atoms with E-state index in [0.29, 0.717) is 24.3 Å². The largest absolute Gasteiger partial charge is 0.478 e. The van der Waals surface area contributed by atoms with E-state index < -0.39 is 29.6 Å². The van der Waals surface area contributed by atoms with E-state index in [0.717, 1.165) is 16.0 Å². The van der Waals surface area contributed by atoms with Crippen molar-refractivity contribution in [1.29, 1.82) is 5.41 Å². The molecule has 2 aromatic carbocycles. The lowest BCUT2D eigenvalue weighted by atomic mass is 10.0. The number of carbonyl (C=O) groups excluding carboxylic acids is 3. The summed E-state index contributed by atoms with van der Waals surface area (Å²) in [5.74, 6) is -3.42. The van der Waals surface area contributed by atoms with Crippen LogP contribution in [0.15, 0.2) is 60.0 Å². The van der Waals surface area contributed by atoms with Crippen LogP contribution >= 0.6 is 11.3 Å². The van der Waals surface area contributed by atoms with Gasteiger partial charge < -0.3 is 35.8 Å². The summed E-state index contributed by atoms with van der Waals surface area (Å²) < 4.78 is 11.5. The van der Waals surface area contributed by atoms with E-state index in [-0.39, 0.29) is 43.4 Å². The van der Waals surface area contributed by atoms with E-state index in [2.05, 4.69) is 10.6 Å². The van der Waals surface area contributed by atoms with Gasteiger partial charge in [-0.15, -0.1) is 11.3 Å². The predicted octanol–water partition coefficient (Wildman–Crippen LogP) is 1.79. The van der Waals surface area contributed by atoms with Gasteiger partial charge in [-0.1, -0.05) is 24.3 Å². The highest BCUT2D eigenvalue weighted by Gasteiger charge is 2.52. The van der Waals surface area contributed by atoms with Crippen LogP contribution in [0.5, 0.6) is 0 Å². The van der Waals surface area contributed by atoms with Crippen molar-refractivity contribution < 1.29 is 33.8 Å². The number of aromatic carboxylic acids is 1. The molecule has 3 heterocycles. The van der Waals surface area contributed by atoms with Crippen molar-refractivity contribution in [3.05, 3.63) is 81.5 Å². The molecule has 2 saturated heterocycles. The van der Waals surface area contributed by atoms with Crippen LogP contribution in [-0.4, -0.2) is 77.7 Å². The average Bonchev–Trinajstić information content (AvgIpc) is 3.75. The van der Waals surface area contributed by atoms with Crippen molar-refractivity contribution in [3.63, 3.8) is 0 Å². The van der Waals surface area contributed by atoms with Gasteiger partial charge in [0.05, 0.1) is 38.4 Å². The number of rotatable bonds is 9. The number of hydrogen-bond acceptors (Lipinski definition) is 8. The Morgan fingerprint density at radius 1 is 0.976 bits per heavy atom. The number of benzene rings is 2. The van der Waals surface area contributed by atoms with Crippen LogP contribution in [0.1, 0.15) is 37.6 Å². The van der Waals surface area contributed by atoms with E-state index in [4.69, 9.17) is 25.7 Å². The first-order valence-electron chi connectivity index (χ1n) is 13.1. The van der Waals surface area contributed by atoms with E-state index in [1.807, 2.05) is 0 Å². The van der Waals surface area contributed by atoms with Gasteiger partial charge >= 0.3 is 5.97 Å². The van der Waals surface area contributed by atoms with Crippen molar-refractivity contribution in [3.8, 4) is 11.1 Å². The first-order chi connectivity index (χ1) is 20.1. The zero-order valence-corrected chi connectivity index (χ0v) is 23.2. The molecule has 1 spiro atoms. The van der Waals surface area contributed by atoms with Gasteiger partial charge in [-0.25, -0.2) is 4.79 Å². The fourth-order valence-electron chi connectivity index (χ4n) is 4.93. The summed E-state index contributed by atoms with van der Waals surface area (Å²) in [5, 5.41) is 23.8. The topological polar surface area (TPSA) is 184 Å². The smallest absolute Gasteiger partial charge is 0.335 e. The van der Waals surface area contributed by atoms with Crippen LogP contribution in [-0.2, 0) is 25.6 Å². The molecular formula is C29H29N5O7S. The van der Waals surface area contributed by atoms with Crippen LogP contribution in [0.25, 0.3) is 11.1 Å². The van der Waals surface area contributed by atoms with Crippen molar-refractivity contribution in [2.75, 3.05) is 26.3 Å². The third kappa shape index (κ3) is 6.33. The second-order valence-electron chi connectivity index (χ2n) is 9.92. The summed E-state index contributed by atoms with van der Waals surface area (Å²) in [7, 11) is 0. The summed E-state index contributed by atoms with van der Waals surface area (Å²) in [6.45, 7) is 0.652. The fraction of sp³-hybridized carbons (Fsp3) is 0.276. The number of ether oxygens (including phenoxy) is 2. The number of amides is 3. The molecule has 1 aromatic heterocycles. The number of nitrogens with one attached hydrogen (secondary N) is 3. The van der Waals surface area contributed by atoms with Crippen LogP contribution in [0.2, 0.25) is 0 Å². The molecule has 2 aliphatic rings. The molecule has 0 radical (unpaired) electrons. The van der Waals surface area contributed by atoms with Gasteiger partial charge in [0.1, 0.15) is 11.9 Å². The molecule has 1 atom stereocenters. The van der Waals surface area contributed by atoms with Gasteiger partial charge in [-0.2, -0.15) is 0 Å². The van der Waals surface area contributed by atoms with Crippen LogP contribution < -0.4 is 16.4 Å². The second-order valence-corrected chi connectivity index (χ2v) is 10.9. The van der Waals surface area contributed by atoms with Gasteiger partial charge in [0, 0.05) is 27.8 Å². The molecule has 0 saturated carbocycles. The number of carboxylic acid groups (broad SMARTS) is 1. The average molecular weight is 592 g/mol. The number of likely N-dealkylation sites (tertiary alicyclic amines) is 1. The normalized spacial score (nSPS) is 17.2. The molecule has 0 bridgehead atoms. The van der Waals surface area contributed by atoms with Crippen LogP contribution in [0, 0.1) is 5.41 Å². The highest BCUT2D eigenvalue weighted by Crippen LogP contribution is 2.35. The summed E-state index contributed by atoms with van der Waals surface area (Å²) in [5.41, 5.74) is 8.20. The number of nitrogens with zero attached hydrogens (tertiary/aromatic N) is 1. The molecule has 0 aliphatic carbocycles. The SMILES string of the molecule is N=C(N)c1csc(CNC(=O)[C@@H]2CC3(CN2C(=O)CNC(=O)c2ccc(-c4ccc(C(=O)O)cc4)cc2)OCCO3)c1. The molecule has 6 N–H and O–H groups in total. The van der Waals surface area contributed by atoms with Crippen molar-refractivity contribution in [1.82, 2.24) is 15.5 Å². The summed E-state index contributed by atoms with van der Waals surface area (Å²) in [6, 6.07) is 14.0. The highest BCUT2D eigenvalue weighted by atomic mass is 32.1. The minimum Gasteiger partial charge on any atom is -0.478 e. The van der Waals surface area contributed by atoms with Crippen molar-refractivity contribution in [2.24, 2.45) is 5.73 Å².